The fourth-order valence-electron chi connectivity index (χ4n) is 0.345. The Balaban J connectivity index is 2.85. The largest absolute Gasteiger partial charge is 0.467 e. The molecule has 0 unspecified atom stereocenters. The zero-order chi connectivity index (χ0) is 8.53. The van der Waals surface area contributed by atoms with E-state index in [-0.39, 0.29) is 6.04 Å². The van der Waals surface area contributed by atoms with Crippen molar-refractivity contribution in [1.29, 1.82) is 0 Å². The summed E-state index contributed by atoms with van der Waals surface area (Å²) in [5, 5.41) is 0. The predicted octanol–water partition coefficient (Wildman–Crippen LogP) is 0.888. The molecule has 11 heavy (non-hydrogen) atoms. The molecule has 0 aliphatic heterocycles. The van der Waals surface area contributed by atoms with Crippen LogP contribution in [0.2, 0.25) is 0 Å². The van der Waals surface area contributed by atoms with Gasteiger partial charge in [-0.05, 0) is 6.92 Å². The van der Waals surface area contributed by atoms with Crippen LogP contribution >= 0.6 is 21.6 Å². The first-order chi connectivity index (χ1) is 5.27. The van der Waals surface area contributed by atoms with Crippen molar-refractivity contribution < 1.29 is 9.53 Å². The molecule has 0 rings (SSSR count). The third-order valence-corrected chi connectivity index (χ3v) is 3.34. The number of hydrogen-bond donors (Lipinski definition) is 1. The summed E-state index contributed by atoms with van der Waals surface area (Å²) in [4.78, 5) is 9.69. The first-order valence-corrected chi connectivity index (χ1v) is 5.81. The minimum atomic E-state index is 0.236. The summed E-state index contributed by atoms with van der Waals surface area (Å²) in [6.07, 6.45) is 0. The van der Waals surface area contributed by atoms with Crippen LogP contribution < -0.4 is 5.73 Å². The van der Waals surface area contributed by atoms with Gasteiger partial charge in [0, 0.05) is 17.5 Å². The van der Waals surface area contributed by atoms with E-state index in [0.717, 1.165) is 11.5 Å². The molecule has 5 heteroatoms. The fraction of sp³-hybridized carbons (Fsp3) is 0.833. The molecule has 0 aromatic rings. The van der Waals surface area contributed by atoms with E-state index in [1.807, 2.05) is 6.92 Å². The van der Waals surface area contributed by atoms with Gasteiger partial charge in [-0.15, -0.1) is 0 Å². The summed E-state index contributed by atoms with van der Waals surface area (Å²) < 4.78 is 4.49. The van der Waals surface area contributed by atoms with E-state index >= 15 is 0 Å². The van der Waals surface area contributed by atoms with Crippen LogP contribution in [-0.2, 0) is 9.53 Å². The van der Waals surface area contributed by atoms with E-state index < -0.39 is 0 Å². The van der Waals surface area contributed by atoms with Gasteiger partial charge < -0.3 is 10.5 Å². The lowest BCUT2D eigenvalue weighted by Gasteiger charge is -2.02. The van der Waals surface area contributed by atoms with Gasteiger partial charge in [0.05, 0.1) is 0 Å². The summed E-state index contributed by atoms with van der Waals surface area (Å²) in [7, 11) is 3.38. The topological polar surface area (TPSA) is 52.3 Å². The molecule has 0 radical (unpaired) electrons. The van der Waals surface area contributed by atoms with Crippen molar-refractivity contribution in [1.82, 2.24) is 0 Å². The second kappa shape index (κ2) is 8.23. The molecule has 0 saturated carbocycles. The van der Waals surface area contributed by atoms with Crippen LogP contribution in [0.1, 0.15) is 6.92 Å². The fourth-order valence-corrected chi connectivity index (χ4v) is 2.43. The lowest BCUT2D eigenvalue weighted by Crippen LogP contribution is -2.16. The molecule has 0 bridgehead atoms. The highest BCUT2D eigenvalue weighted by Gasteiger charge is 1.94. The van der Waals surface area contributed by atoms with Crippen molar-refractivity contribution in [3.63, 3.8) is 0 Å². The van der Waals surface area contributed by atoms with Crippen molar-refractivity contribution in [2.75, 3.05) is 18.1 Å². The maximum Gasteiger partial charge on any atom is 0.293 e. The third kappa shape index (κ3) is 10.1. The standard InChI is InChI=1S/C6H13NO2S2/c1-6(7)4-11-10-3-2-9-5-8/h5-6H,2-4,7H2,1H3/t6-/m0/s1. The molecular weight excluding hydrogens is 182 g/mol. The smallest absolute Gasteiger partial charge is 0.293 e. The quantitative estimate of drug-likeness (QED) is 0.371. The van der Waals surface area contributed by atoms with Gasteiger partial charge in [0.15, 0.2) is 0 Å². The second-order valence-corrected chi connectivity index (χ2v) is 4.68. The molecule has 3 nitrogen and oxygen atoms in total. The SMILES string of the molecule is C[C@H](N)CSSCCOC=O. The maximum absolute atomic E-state index is 9.69. The van der Waals surface area contributed by atoms with Crippen LogP contribution in [-0.4, -0.2) is 30.6 Å². The Morgan fingerprint density at radius 1 is 1.64 bits per heavy atom. The predicted molar refractivity (Wildman–Crippen MR) is 50.6 cm³/mol. The van der Waals surface area contributed by atoms with E-state index in [2.05, 4.69) is 4.74 Å². The Morgan fingerprint density at radius 3 is 2.91 bits per heavy atom. The molecule has 0 aromatic carbocycles. The van der Waals surface area contributed by atoms with E-state index in [1.54, 1.807) is 21.6 Å². The van der Waals surface area contributed by atoms with Crippen LogP contribution in [0.15, 0.2) is 0 Å². The molecule has 66 valence electrons. The zero-order valence-electron chi connectivity index (χ0n) is 6.49. The average molecular weight is 195 g/mol. The summed E-state index contributed by atoms with van der Waals surface area (Å²) >= 11 is 0. The second-order valence-electron chi connectivity index (χ2n) is 2.05. The van der Waals surface area contributed by atoms with Gasteiger partial charge in [-0.3, -0.25) is 4.79 Å². The van der Waals surface area contributed by atoms with Gasteiger partial charge in [0.25, 0.3) is 6.47 Å². The average Bonchev–Trinajstić information content (AvgIpc) is 1.96. The Bertz CT molecular complexity index is 101. The molecule has 2 N–H and O–H groups in total. The molecule has 0 saturated heterocycles. The summed E-state index contributed by atoms with van der Waals surface area (Å²) in [6, 6.07) is 0.236. The van der Waals surface area contributed by atoms with Gasteiger partial charge >= 0.3 is 0 Å². The van der Waals surface area contributed by atoms with Gasteiger partial charge in [-0.25, -0.2) is 0 Å². The lowest BCUT2D eigenvalue weighted by atomic mass is 10.4. The number of hydrogen-bond acceptors (Lipinski definition) is 5. The van der Waals surface area contributed by atoms with Crippen LogP contribution in [0.3, 0.4) is 0 Å². The summed E-state index contributed by atoms with van der Waals surface area (Å²) in [6.45, 7) is 2.92. The molecule has 0 amide bonds. The minimum absolute atomic E-state index is 0.236. The Kier molecular flexibility index (Phi) is 8.33. The number of nitrogens with two attached hydrogens (primary N) is 1. The van der Waals surface area contributed by atoms with E-state index in [1.165, 1.54) is 0 Å². The first kappa shape index (κ1) is 11.1. The van der Waals surface area contributed by atoms with E-state index in [0.29, 0.717) is 13.1 Å². The highest BCUT2D eigenvalue weighted by atomic mass is 33.1. The van der Waals surface area contributed by atoms with Crippen molar-refractivity contribution in [2.45, 2.75) is 13.0 Å². The molecule has 0 heterocycles. The van der Waals surface area contributed by atoms with Gasteiger partial charge in [0.1, 0.15) is 6.61 Å². The highest BCUT2D eigenvalue weighted by Crippen LogP contribution is 2.20. The Labute approximate surface area is 74.8 Å². The molecule has 0 aliphatic carbocycles. The summed E-state index contributed by atoms with van der Waals surface area (Å²) in [5.74, 6) is 1.77. The molecule has 0 fully saturated rings. The lowest BCUT2D eigenvalue weighted by molar-refractivity contribution is -0.128. The molecular formula is C6H13NO2S2. The molecule has 1 atom stereocenters. The van der Waals surface area contributed by atoms with Gasteiger partial charge in [0.2, 0.25) is 0 Å². The van der Waals surface area contributed by atoms with E-state index in [4.69, 9.17) is 5.73 Å². The number of rotatable bonds is 7. The number of ether oxygens (including phenoxy) is 1. The van der Waals surface area contributed by atoms with Crippen molar-refractivity contribution in [3.8, 4) is 0 Å². The third-order valence-electron chi connectivity index (χ3n) is 0.767. The van der Waals surface area contributed by atoms with Crippen LogP contribution in [0, 0.1) is 0 Å². The van der Waals surface area contributed by atoms with Crippen LogP contribution in [0.5, 0.6) is 0 Å². The Hall–Kier alpha value is 0.130. The zero-order valence-corrected chi connectivity index (χ0v) is 8.12. The number of carbonyl (C=O) groups excluding carboxylic acids is 1. The minimum Gasteiger partial charge on any atom is -0.467 e. The summed E-state index contributed by atoms with van der Waals surface area (Å²) in [5.41, 5.74) is 5.51. The molecule has 0 spiro atoms. The van der Waals surface area contributed by atoms with Crippen LogP contribution in [0.4, 0.5) is 0 Å². The number of carbonyl (C=O) groups is 1. The van der Waals surface area contributed by atoms with Gasteiger partial charge in [-0.1, -0.05) is 21.6 Å². The maximum atomic E-state index is 9.69. The molecule has 0 aliphatic rings. The van der Waals surface area contributed by atoms with E-state index in [9.17, 15) is 4.79 Å². The molecule has 0 aromatic heterocycles. The van der Waals surface area contributed by atoms with Crippen LogP contribution in [0.25, 0.3) is 0 Å². The van der Waals surface area contributed by atoms with Crippen molar-refractivity contribution in [2.24, 2.45) is 5.73 Å². The monoisotopic (exact) mass is 195 g/mol. The van der Waals surface area contributed by atoms with Crippen molar-refractivity contribution in [3.05, 3.63) is 0 Å². The highest BCUT2D eigenvalue weighted by molar-refractivity contribution is 8.76. The first-order valence-electron chi connectivity index (χ1n) is 3.32. The normalized spacial score (nSPS) is 12.5. The Morgan fingerprint density at radius 2 is 2.36 bits per heavy atom. The van der Waals surface area contributed by atoms with Gasteiger partial charge in [-0.2, -0.15) is 0 Å². The van der Waals surface area contributed by atoms with Crippen molar-refractivity contribution >= 4 is 28.1 Å².